The summed E-state index contributed by atoms with van der Waals surface area (Å²) >= 11 is 12.0. The third-order valence-corrected chi connectivity index (χ3v) is 7.58. The van der Waals surface area contributed by atoms with E-state index in [1.165, 1.54) is 17.5 Å². The number of hydrogen-bond acceptors (Lipinski definition) is 5. The molecule has 0 aromatic heterocycles. The lowest BCUT2D eigenvalue weighted by molar-refractivity contribution is -0.120. The second-order valence-corrected chi connectivity index (χ2v) is 10.0. The number of benzene rings is 2. The number of para-hydroxylation sites is 1. The quantitative estimate of drug-likeness (QED) is 0.626. The van der Waals surface area contributed by atoms with Crippen LogP contribution in [-0.2, 0) is 25.3 Å². The van der Waals surface area contributed by atoms with Crippen molar-refractivity contribution in [3.05, 3.63) is 63.6 Å². The standard InChI is InChI=1S/C21H22Cl2N2O5S/c1-30-21(27)17-4-2-3-5-19(17)24-20(26)14-8-10-25(11-9-14)31(28,29)13-15-6-7-16(22)12-18(15)23/h2-7,12,14H,8-11,13H2,1H3,(H,24,26). The van der Waals surface area contributed by atoms with E-state index in [1.807, 2.05) is 0 Å². The molecule has 1 heterocycles. The van der Waals surface area contributed by atoms with E-state index in [1.54, 1.807) is 36.4 Å². The average Bonchev–Trinajstić information content (AvgIpc) is 2.75. The first kappa shape index (κ1) is 23.5. The summed E-state index contributed by atoms with van der Waals surface area (Å²) in [7, 11) is -2.32. The van der Waals surface area contributed by atoms with Gasteiger partial charge < -0.3 is 10.1 Å². The van der Waals surface area contributed by atoms with Gasteiger partial charge in [-0.2, -0.15) is 0 Å². The number of amides is 1. The van der Waals surface area contributed by atoms with E-state index >= 15 is 0 Å². The minimum atomic E-state index is -3.59. The predicted molar refractivity (Wildman–Crippen MR) is 120 cm³/mol. The third-order valence-electron chi connectivity index (χ3n) is 5.16. The van der Waals surface area contributed by atoms with Gasteiger partial charge in [-0.05, 0) is 42.7 Å². The van der Waals surface area contributed by atoms with Crippen LogP contribution < -0.4 is 5.32 Å². The predicted octanol–water partition coefficient (Wildman–Crippen LogP) is 3.96. The van der Waals surface area contributed by atoms with Gasteiger partial charge in [-0.25, -0.2) is 17.5 Å². The smallest absolute Gasteiger partial charge is 0.339 e. The van der Waals surface area contributed by atoms with Crippen LogP contribution >= 0.6 is 23.2 Å². The molecule has 1 aliphatic heterocycles. The van der Waals surface area contributed by atoms with Crippen molar-refractivity contribution < 1.29 is 22.7 Å². The number of rotatable bonds is 6. The molecule has 0 spiro atoms. The minimum absolute atomic E-state index is 0.226. The molecule has 1 saturated heterocycles. The molecule has 1 N–H and O–H groups in total. The molecule has 0 saturated carbocycles. The van der Waals surface area contributed by atoms with Gasteiger partial charge in [0.15, 0.2) is 0 Å². The van der Waals surface area contributed by atoms with Gasteiger partial charge in [0.25, 0.3) is 0 Å². The maximum absolute atomic E-state index is 12.8. The first-order valence-corrected chi connectivity index (χ1v) is 12.0. The Morgan fingerprint density at radius 1 is 1.13 bits per heavy atom. The Kier molecular flexibility index (Phi) is 7.59. The number of sulfonamides is 1. The van der Waals surface area contributed by atoms with Crippen molar-refractivity contribution in [2.24, 2.45) is 5.92 Å². The van der Waals surface area contributed by atoms with Crippen LogP contribution in [0.25, 0.3) is 0 Å². The van der Waals surface area contributed by atoms with Gasteiger partial charge in [-0.1, -0.05) is 41.4 Å². The average molecular weight is 485 g/mol. The minimum Gasteiger partial charge on any atom is -0.465 e. The highest BCUT2D eigenvalue weighted by molar-refractivity contribution is 7.88. The number of piperidine rings is 1. The second kappa shape index (κ2) is 9.99. The Morgan fingerprint density at radius 3 is 2.45 bits per heavy atom. The number of ether oxygens (including phenoxy) is 1. The van der Waals surface area contributed by atoms with Gasteiger partial charge in [0.1, 0.15) is 0 Å². The van der Waals surface area contributed by atoms with Crippen molar-refractivity contribution in [3.63, 3.8) is 0 Å². The zero-order valence-electron chi connectivity index (χ0n) is 16.8. The van der Waals surface area contributed by atoms with Crippen molar-refractivity contribution >= 4 is 50.8 Å². The maximum atomic E-state index is 12.8. The van der Waals surface area contributed by atoms with Gasteiger partial charge in [0, 0.05) is 29.1 Å². The summed E-state index contributed by atoms with van der Waals surface area (Å²) in [5.41, 5.74) is 1.11. The van der Waals surface area contributed by atoms with Crippen LogP contribution in [0.15, 0.2) is 42.5 Å². The summed E-state index contributed by atoms with van der Waals surface area (Å²) in [5.74, 6) is -1.39. The van der Waals surface area contributed by atoms with Crippen LogP contribution in [0.4, 0.5) is 5.69 Å². The molecule has 0 bridgehead atoms. The Hall–Kier alpha value is -2.13. The summed E-state index contributed by atoms with van der Waals surface area (Å²) in [6.45, 7) is 0.453. The lowest BCUT2D eigenvalue weighted by Crippen LogP contribution is -2.42. The van der Waals surface area contributed by atoms with Gasteiger partial charge >= 0.3 is 5.97 Å². The zero-order valence-corrected chi connectivity index (χ0v) is 19.1. The van der Waals surface area contributed by atoms with E-state index in [0.717, 1.165) is 0 Å². The highest BCUT2D eigenvalue weighted by Gasteiger charge is 2.32. The normalized spacial score (nSPS) is 15.5. The molecule has 1 fully saturated rings. The van der Waals surface area contributed by atoms with Crippen LogP contribution in [0.3, 0.4) is 0 Å². The largest absolute Gasteiger partial charge is 0.465 e. The number of anilines is 1. The molecule has 1 amide bonds. The van der Waals surface area contributed by atoms with Crippen molar-refractivity contribution in [1.82, 2.24) is 4.31 Å². The van der Waals surface area contributed by atoms with Gasteiger partial charge in [0.2, 0.25) is 15.9 Å². The van der Waals surface area contributed by atoms with Crippen molar-refractivity contribution in [3.8, 4) is 0 Å². The Labute approximate surface area is 191 Å². The van der Waals surface area contributed by atoms with Gasteiger partial charge in [-0.15, -0.1) is 0 Å². The van der Waals surface area contributed by atoms with E-state index in [4.69, 9.17) is 27.9 Å². The molecule has 1 aliphatic rings. The van der Waals surface area contributed by atoms with Crippen LogP contribution in [0.1, 0.15) is 28.8 Å². The van der Waals surface area contributed by atoms with E-state index in [0.29, 0.717) is 34.1 Å². The molecule has 0 atom stereocenters. The Bertz CT molecular complexity index is 1080. The zero-order chi connectivity index (χ0) is 22.6. The van der Waals surface area contributed by atoms with Crippen molar-refractivity contribution in [1.29, 1.82) is 0 Å². The number of carbonyl (C=O) groups is 2. The van der Waals surface area contributed by atoms with E-state index in [-0.39, 0.29) is 36.2 Å². The SMILES string of the molecule is COC(=O)c1ccccc1NC(=O)C1CCN(S(=O)(=O)Cc2ccc(Cl)cc2Cl)CC1. The van der Waals surface area contributed by atoms with Gasteiger partial charge in [0.05, 0.1) is 24.1 Å². The first-order valence-electron chi connectivity index (χ1n) is 9.61. The molecule has 2 aromatic carbocycles. The number of nitrogens with zero attached hydrogens (tertiary/aromatic N) is 1. The highest BCUT2D eigenvalue weighted by atomic mass is 35.5. The number of nitrogens with one attached hydrogen (secondary N) is 1. The van der Waals surface area contributed by atoms with Crippen molar-refractivity contribution in [2.45, 2.75) is 18.6 Å². The summed E-state index contributed by atoms with van der Waals surface area (Å²) in [5, 5.41) is 3.50. The first-order chi connectivity index (χ1) is 14.7. The monoisotopic (exact) mass is 484 g/mol. The molecule has 0 unspecified atom stereocenters. The van der Waals surface area contributed by atoms with E-state index in [2.05, 4.69) is 5.32 Å². The molecule has 7 nitrogen and oxygen atoms in total. The Balaban J connectivity index is 1.61. The molecule has 0 radical (unpaired) electrons. The lowest BCUT2D eigenvalue weighted by atomic mass is 9.97. The van der Waals surface area contributed by atoms with Crippen LogP contribution in [0.2, 0.25) is 10.0 Å². The molecular weight excluding hydrogens is 463 g/mol. The summed E-state index contributed by atoms with van der Waals surface area (Å²) < 4.78 is 31.7. The summed E-state index contributed by atoms with van der Waals surface area (Å²) in [6.07, 6.45) is 0.750. The van der Waals surface area contributed by atoms with Crippen LogP contribution in [0, 0.1) is 5.92 Å². The van der Waals surface area contributed by atoms with Crippen LogP contribution in [-0.4, -0.2) is 44.8 Å². The van der Waals surface area contributed by atoms with E-state index < -0.39 is 16.0 Å². The summed E-state index contributed by atoms with van der Waals surface area (Å²) in [6, 6.07) is 11.3. The topological polar surface area (TPSA) is 92.8 Å². The number of esters is 1. The van der Waals surface area contributed by atoms with Crippen molar-refractivity contribution in [2.75, 3.05) is 25.5 Å². The third kappa shape index (κ3) is 5.77. The second-order valence-electron chi connectivity index (χ2n) is 7.19. The molecular formula is C21H22Cl2N2O5S. The molecule has 10 heteroatoms. The molecule has 3 rings (SSSR count). The summed E-state index contributed by atoms with van der Waals surface area (Å²) in [4.78, 5) is 24.6. The fourth-order valence-corrected chi connectivity index (χ4v) is 5.59. The molecule has 0 aliphatic carbocycles. The fraction of sp³-hybridized carbons (Fsp3) is 0.333. The Morgan fingerprint density at radius 2 is 1.81 bits per heavy atom. The highest BCUT2D eigenvalue weighted by Crippen LogP contribution is 2.27. The fourth-order valence-electron chi connectivity index (χ4n) is 3.44. The number of carbonyl (C=O) groups excluding carboxylic acids is 2. The van der Waals surface area contributed by atoms with E-state index in [9.17, 15) is 18.0 Å². The number of methoxy groups -OCH3 is 1. The maximum Gasteiger partial charge on any atom is 0.339 e. The molecule has 166 valence electrons. The lowest BCUT2D eigenvalue weighted by Gasteiger charge is -2.30. The molecule has 2 aromatic rings. The van der Waals surface area contributed by atoms with Gasteiger partial charge in [-0.3, -0.25) is 4.79 Å². The number of halogens is 2. The number of hydrogen-bond donors (Lipinski definition) is 1. The van der Waals surface area contributed by atoms with Crippen LogP contribution in [0.5, 0.6) is 0 Å². The molecule has 31 heavy (non-hydrogen) atoms.